The first-order chi connectivity index (χ1) is 4.74. The number of carbonyl (C=O) groups is 2. The number of nitrogens with one attached hydrogen (secondary N) is 1. The second-order valence-electron chi connectivity index (χ2n) is 1.57. The molecule has 1 aliphatic rings. The summed E-state index contributed by atoms with van der Waals surface area (Å²) in [6.45, 7) is 0. The van der Waals surface area contributed by atoms with E-state index in [4.69, 9.17) is 0 Å². The molecule has 1 heterocycles. The van der Waals surface area contributed by atoms with Gasteiger partial charge in [0.1, 0.15) is 6.26 Å². The number of hydrogen-bond acceptors (Lipinski definition) is 4. The Hall–Kier alpha value is -1.52. The van der Waals surface area contributed by atoms with Crippen LogP contribution in [0.3, 0.4) is 0 Å². The van der Waals surface area contributed by atoms with E-state index < -0.39 is 12.1 Å². The van der Waals surface area contributed by atoms with Gasteiger partial charge < -0.3 is 9.47 Å². The van der Waals surface area contributed by atoms with E-state index in [1.54, 1.807) is 0 Å². The number of carbonyl (C=O) groups excluding carboxylic acids is 2. The monoisotopic (exact) mass is 143 g/mol. The van der Waals surface area contributed by atoms with Crippen molar-refractivity contribution in [3.63, 3.8) is 0 Å². The Morgan fingerprint density at radius 2 is 2.30 bits per heavy atom. The summed E-state index contributed by atoms with van der Waals surface area (Å²) in [5.41, 5.74) is 0.0208. The van der Waals surface area contributed by atoms with E-state index in [-0.39, 0.29) is 5.70 Å². The fourth-order valence-corrected chi connectivity index (χ4v) is 0.521. The molecule has 1 saturated heterocycles. The van der Waals surface area contributed by atoms with Crippen LogP contribution in [-0.4, -0.2) is 19.2 Å². The van der Waals surface area contributed by atoms with Gasteiger partial charge in [-0.1, -0.05) is 0 Å². The molecule has 0 bridgehead atoms. The van der Waals surface area contributed by atoms with Crippen LogP contribution in [0.5, 0.6) is 0 Å². The average molecular weight is 143 g/mol. The molecule has 0 aromatic rings. The predicted octanol–water partition coefficient (Wildman–Crippen LogP) is -0.259. The zero-order valence-corrected chi connectivity index (χ0v) is 5.21. The Balaban J connectivity index is 2.72. The lowest BCUT2D eigenvalue weighted by Gasteiger charge is -1.88. The molecule has 10 heavy (non-hydrogen) atoms. The van der Waals surface area contributed by atoms with Crippen molar-refractivity contribution in [1.29, 1.82) is 0 Å². The number of alkyl carbamates (subject to hydrolysis) is 1. The van der Waals surface area contributed by atoms with Gasteiger partial charge in [-0.3, -0.25) is 5.32 Å². The molecule has 0 saturated carbocycles. The second kappa shape index (κ2) is 2.38. The molecule has 1 fully saturated rings. The Labute approximate surface area is 56.6 Å². The third-order valence-electron chi connectivity index (χ3n) is 0.878. The third-order valence-corrected chi connectivity index (χ3v) is 0.878. The van der Waals surface area contributed by atoms with Crippen molar-refractivity contribution in [3.8, 4) is 0 Å². The van der Waals surface area contributed by atoms with Crippen LogP contribution in [0.2, 0.25) is 0 Å². The summed E-state index contributed by atoms with van der Waals surface area (Å²) in [5.74, 6) is -0.716. The van der Waals surface area contributed by atoms with E-state index in [0.717, 1.165) is 6.26 Å². The van der Waals surface area contributed by atoms with Crippen LogP contribution in [0.4, 0.5) is 4.79 Å². The summed E-state index contributed by atoms with van der Waals surface area (Å²) in [4.78, 5) is 20.8. The number of rotatable bonds is 1. The van der Waals surface area contributed by atoms with Crippen molar-refractivity contribution in [3.05, 3.63) is 12.0 Å². The highest BCUT2D eigenvalue weighted by Gasteiger charge is 2.26. The Morgan fingerprint density at radius 1 is 1.60 bits per heavy atom. The number of amides is 1. The van der Waals surface area contributed by atoms with E-state index in [2.05, 4.69) is 14.8 Å². The van der Waals surface area contributed by atoms with Crippen molar-refractivity contribution < 1.29 is 19.1 Å². The Kier molecular flexibility index (Phi) is 1.57. The van der Waals surface area contributed by atoms with Gasteiger partial charge in [-0.2, -0.15) is 0 Å². The molecule has 0 spiro atoms. The van der Waals surface area contributed by atoms with Crippen molar-refractivity contribution in [2.75, 3.05) is 7.11 Å². The lowest BCUT2D eigenvalue weighted by atomic mass is 10.5. The quantitative estimate of drug-likeness (QED) is 0.238. The zero-order chi connectivity index (χ0) is 7.56. The molecule has 5 heteroatoms. The van der Waals surface area contributed by atoms with Crippen molar-refractivity contribution in [1.82, 2.24) is 5.32 Å². The smallest absolute Gasteiger partial charge is 0.419 e. The Bertz CT molecular complexity index is 208. The summed E-state index contributed by atoms with van der Waals surface area (Å²) in [5, 5.41) is 2.13. The van der Waals surface area contributed by atoms with Gasteiger partial charge in [0, 0.05) is 0 Å². The highest BCUT2D eigenvalue weighted by atomic mass is 16.6. The highest BCUT2D eigenvalue weighted by molar-refractivity contribution is 6.03. The molecule has 0 unspecified atom stereocenters. The second-order valence-corrected chi connectivity index (χ2v) is 1.57. The lowest BCUT2D eigenvalue weighted by molar-refractivity contribution is -0.130. The number of esters is 1. The molecule has 1 N–H and O–H groups in total. The van der Waals surface area contributed by atoms with Gasteiger partial charge in [-0.05, 0) is 0 Å². The lowest BCUT2D eigenvalue weighted by Crippen LogP contribution is -2.11. The van der Waals surface area contributed by atoms with E-state index in [9.17, 15) is 9.59 Å². The topological polar surface area (TPSA) is 64.6 Å². The molecule has 0 radical (unpaired) electrons. The maximum atomic E-state index is 10.5. The van der Waals surface area contributed by atoms with Gasteiger partial charge in [0.15, 0.2) is 5.70 Å². The summed E-state index contributed by atoms with van der Waals surface area (Å²) >= 11 is 0. The molecule has 54 valence electrons. The number of cyclic esters (lactones) is 2. The normalized spacial score (nSPS) is 20.7. The van der Waals surface area contributed by atoms with Gasteiger partial charge in [0.25, 0.3) is 0 Å². The molecule has 5 nitrogen and oxygen atoms in total. The summed E-state index contributed by atoms with van der Waals surface area (Å²) in [6, 6.07) is 0. The van der Waals surface area contributed by atoms with E-state index in [1.165, 1.54) is 7.11 Å². The molecule has 1 amide bonds. The van der Waals surface area contributed by atoms with Gasteiger partial charge in [0.2, 0.25) is 0 Å². The van der Waals surface area contributed by atoms with Crippen LogP contribution in [0.1, 0.15) is 0 Å². The number of ether oxygens (including phenoxy) is 2. The maximum absolute atomic E-state index is 10.5. The van der Waals surface area contributed by atoms with E-state index in [0.29, 0.717) is 0 Å². The van der Waals surface area contributed by atoms with E-state index >= 15 is 0 Å². The van der Waals surface area contributed by atoms with Gasteiger partial charge in [-0.25, -0.2) is 9.59 Å². The van der Waals surface area contributed by atoms with Crippen molar-refractivity contribution >= 4 is 12.1 Å². The highest BCUT2D eigenvalue weighted by Crippen LogP contribution is 2.02. The van der Waals surface area contributed by atoms with Crippen LogP contribution in [0, 0.1) is 0 Å². The minimum absolute atomic E-state index is 0.0208. The zero-order valence-electron chi connectivity index (χ0n) is 5.21. The summed E-state index contributed by atoms with van der Waals surface area (Å²) in [7, 11) is 1.37. The van der Waals surface area contributed by atoms with Gasteiger partial charge >= 0.3 is 12.1 Å². The van der Waals surface area contributed by atoms with Crippen molar-refractivity contribution in [2.24, 2.45) is 0 Å². The number of methoxy groups -OCH3 is 1. The Morgan fingerprint density at radius 3 is 2.70 bits per heavy atom. The minimum atomic E-state index is -0.770. The average Bonchev–Trinajstić information content (AvgIpc) is 2.13. The largest absolute Gasteiger partial charge is 0.502 e. The van der Waals surface area contributed by atoms with Crippen molar-refractivity contribution in [2.45, 2.75) is 0 Å². The molecule has 0 atom stereocenters. The summed E-state index contributed by atoms with van der Waals surface area (Å²) < 4.78 is 8.56. The molecule has 0 aliphatic carbocycles. The molecule has 1 rings (SSSR count). The molecule has 0 aromatic carbocycles. The molecular weight excluding hydrogens is 138 g/mol. The first-order valence-electron chi connectivity index (χ1n) is 2.50. The first kappa shape index (κ1) is 6.60. The molecule has 1 aliphatic heterocycles. The number of hydrogen-bond donors (Lipinski definition) is 1. The van der Waals surface area contributed by atoms with Gasteiger partial charge in [0.05, 0.1) is 7.11 Å². The fourth-order valence-electron chi connectivity index (χ4n) is 0.521. The summed E-state index contributed by atoms with van der Waals surface area (Å²) in [6.07, 6.45) is 0.334. The maximum Gasteiger partial charge on any atom is 0.419 e. The van der Waals surface area contributed by atoms with Gasteiger partial charge in [-0.15, -0.1) is 0 Å². The third kappa shape index (κ3) is 1.07. The van der Waals surface area contributed by atoms with Crippen LogP contribution >= 0.6 is 0 Å². The first-order valence-corrected chi connectivity index (χ1v) is 2.50. The van der Waals surface area contributed by atoms with Crippen LogP contribution in [-0.2, 0) is 14.3 Å². The molecular formula is C5H5NO4. The SMILES string of the molecule is CO/C=C1\NC(=O)OC1=O. The minimum Gasteiger partial charge on any atom is -0.502 e. The molecule has 0 aromatic heterocycles. The van der Waals surface area contributed by atoms with Crippen LogP contribution in [0.15, 0.2) is 12.0 Å². The predicted molar refractivity (Wildman–Crippen MR) is 29.7 cm³/mol. The van der Waals surface area contributed by atoms with E-state index in [1.807, 2.05) is 0 Å². The standard InChI is InChI=1S/C5H5NO4/c1-9-2-3-4(7)10-5(8)6-3/h2H,1H3,(H,6,8)/b3-2-. The van der Waals surface area contributed by atoms with Crippen LogP contribution in [0.25, 0.3) is 0 Å². The van der Waals surface area contributed by atoms with Crippen LogP contribution < -0.4 is 5.32 Å². The fraction of sp³-hybridized carbons (Fsp3) is 0.200.